The van der Waals surface area contributed by atoms with Crippen LogP contribution in [0, 0.1) is 11.8 Å². The summed E-state index contributed by atoms with van der Waals surface area (Å²) in [5.74, 6) is 1.87. The van der Waals surface area contributed by atoms with E-state index in [-0.39, 0.29) is 0 Å². The Bertz CT molecular complexity index is 341. The van der Waals surface area contributed by atoms with Crippen molar-refractivity contribution < 1.29 is 0 Å². The molecule has 1 aromatic heterocycles. The minimum Gasteiger partial charge on any atom is -0.379 e. The highest BCUT2D eigenvalue weighted by Crippen LogP contribution is 2.39. The van der Waals surface area contributed by atoms with Gasteiger partial charge in [-0.3, -0.25) is 5.10 Å². The van der Waals surface area contributed by atoms with Crippen LogP contribution in [0.3, 0.4) is 0 Å². The monoisotopic (exact) mass is 247 g/mol. The highest BCUT2D eigenvalue weighted by atomic mass is 15.1. The van der Waals surface area contributed by atoms with E-state index in [0.29, 0.717) is 6.04 Å². The Morgan fingerprint density at radius 3 is 2.56 bits per heavy atom. The molecular formula is C15H25N3. The first kappa shape index (κ1) is 12.1. The van der Waals surface area contributed by atoms with Crippen molar-refractivity contribution in [3.05, 3.63) is 12.4 Å². The molecule has 1 aromatic rings. The molecule has 0 bridgehead atoms. The van der Waals surface area contributed by atoms with Crippen LogP contribution in [0.1, 0.15) is 57.8 Å². The predicted molar refractivity (Wildman–Crippen MR) is 74.5 cm³/mol. The van der Waals surface area contributed by atoms with E-state index in [9.17, 15) is 0 Å². The molecule has 3 rings (SSSR count). The van der Waals surface area contributed by atoms with Crippen LogP contribution in [-0.4, -0.2) is 16.2 Å². The largest absolute Gasteiger partial charge is 0.379 e. The lowest BCUT2D eigenvalue weighted by molar-refractivity contribution is 0.180. The fourth-order valence-corrected chi connectivity index (χ4v) is 4.01. The Balaban J connectivity index is 1.65. The molecule has 2 fully saturated rings. The Kier molecular flexibility index (Phi) is 3.87. The molecule has 2 aliphatic rings. The normalized spacial score (nSPS) is 30.2. The molecule has 0 amide bonds. The molecule has 2 saturated carbocycles. The lowest BCUT2D eigenvalue weighted by atomic mass is 9.71. The van der Waals surface area contributed by atoms with Gasteiger partial charge in [0.05, 0.1) is 11.9 Å². The van der Waals surface area contributed by atoms with Gasteiger partial charge in [-0.25, -0.2) is 0 Å². The van der Waals surface area contributed by atoms with E-state index in [2.05, 4.69) is 15.5 Å². The van der Waals surface area contributed by atoms with Gasteiger partial charge in [0.1, 0.15) is 0 Å². The maximum atomic E-state index is 4.04. The van der Waals surface area contributed by atoms with Gasteiger partial charge in [-0.2, -0.15) is 5.10 Å². The van der Waals surface area contributed by atoms with E-state index in [1.54, 1.807) is 0 Å². The van der Waals surface area contributed by atoms with Crippen LogP contribution in [0.5, 0.6) is 0 Å². The van der Waals surface area contributed by atoms with Crippen molar-refractivity contribution in [1.82, 2.24) is 10.2 Å². The topological polar surface area (TPSA) is 40.7 Å². The maximum absolute atomic E-state index is 4.04. The lowest BCUT2D eigenvalue weighted by Crippen LogP contribution is -2.37. The van der Waals surface area contributed by atoms with Gasteiger partial charge in [-0.05, 0) is 24.7 Å². The standard InChI is InChI=1S/C15H25N3/c1-2-6-12(7-3-1)14-8-4-5-9-15(14)18-13-10-16-17-11-13/h10-12,14-15,18H,1-9H2,(H,16,17). The first-order chi connectivity index (χ1) is 8.93. The van der Waals surface area contributed by atoms with Gasteiger partial charge in [-0.1, -0.05) is 44.9 Å². The first-order valence-corrected chi connectivity index (χ1v) is 7.69. The molecule has 3 nitrogen and oxygen atoms in total. The van der Waals surface area contributed by atoms with Gasteiger partial charge < -0.3 is 5.32 Å². The number of hydrogen-bond donors (Lipinski definition) is 2. The summed E-state index contributed by atoms with van der Waals surface area (Å²) in [6.45, 7) is 0. The average molecular weight is 247 g/mol. The summed E-state index contributed by atoms with van der Waals surface area (Å²) in [5.41, 5.74) is 1.17. The SMILES string of the molecule is c1n[nH]cc1NC1CCCCC1C1CCCCC1. The number of hydrogen-bond acceptors (Lipinski definition) is 2. The zero-order valence-electron chi connectivity index (χ0n) is 11.2. The minimum absolute atomic E-state index is 0.680. The van der Waals surface area contributed by atoms with Crippen molar-refractivity contribution in [3.8, 4) is 0 Å². The summed E-state index contributed by atoms with van der Waals surface area (Å²) in [4.78, 5) is 0. The van der Waals surface area contributed by atoms with Crippen LogP contribution in [0.15, 0.2) is 12.4 Å². The van der Waals surface area contributed by atoms with Gasteiger partial charge in [0, 0.05) is 12.2 Å². The third-order valence-electron chi connectivity index (χ3n) is 4.93. The van der Waals surface area contributed by atoms with E-state index in [4.69, 9.17) is 0 Å². The van der Waals surface area contributed by atoms with E-state index < -0.39 is 0 Å². The zero-order valence-corrected chi connectivity index (χ0v) is 11.2. The van der Waals surface area contributed by atoms with Crippen molar-refractivity contribution in [2.45, 2.75) is 63.8 Å². The number of nitrogens with zero attached hydrogens (tertiary/aromatic N) is 1. The van der Waals surface area contributed by atoms with Crippen molar-refractivity contribution in [2.24, 2.45) is 11.8 Å². The minimum atomic E-state index is 0.680. The number of anilines is 1. The molecule has 2 unspecified atom stereocenters. The van der Waals surface area contributed by atoms with E-state index in [0.717, 1.165) is 11.8 Å². The molecule has 1 heterocycles. The second-order valence-corrected chi connectivity index (χ2v) is 6.08. The number of rotatable bonds is 3. The van der Waals surface area contributed by atoms with E-state index in [1.807, 2.05) is 12.4 Å². The van der Waals surface area contributed by atoms with Crippen molar-refractivity contribution in [1.29, 1.82) is 0 Å². The lowest BCUT2D eigenvalue weighted by Gasteiger charge is -2.39. The molecule has 2 N–H and O–H groups in total. The van der Waals surface area contributed by atoms with Gasteiger partial charge in [0.25, 0.3) is 0 Å². The highest BCUT2D eigenvalue weighted by Gasteiger charge is 2.32. The maximum Gasteiger partial charge on any atom is 0.0726 e. The number of aromatic amines is 1. The summed E-state index contributed by atoms with van der Waals surface area (Å²) in [6, 6.07) is 0.680. The van der Waals surface area contributed by atoms with Crippen LogP contribution in [0.4, 0.5) is 5.69 Å². The molecule has 0 spiro atoms. The quantitative estimate of drug-likeness (QED) is 0.848. The molecule has 2 atom stereocenters. The summed E-state index contributed by atoms with van der Waals surface area (Å²) >= 11 is 0. The molecule has 0 aliphatic heterocycles. The Morgan fingerprint density at radius 1 is 1.00 bits per heavy atom. The fourth-order valence-electron chi connectivity index (χ4n) is 4.01. The second kappa shape index (κ2) is 5.77. The Morgan fingerprint density at radius 2 is 1.78 bits per heavy atom. The molecule has 100 valence electrons. The third kappa shape index (κ3) is 2.70. The number of aromatic nitrogens is 2. The Labute approximate surface area is 110 Å². The van der Waals surface area contributed by atoms with Crippen molar-refractivity contribution in [3.63, 3.8) is 0 Å². The van der Waals surface area contributed by atoms with Crippen LogP contribution >= 0.6 is 0 Å². The van der Waals surface area contributed by atoms with Crippen LogP contribution in [0.2, 0.25) is 0 Å². The molecule has 0 saturated heterocycles. The van der Waals surface area contributed by atoms with Crippen LogP contribution < -0.4 is 5.32 Å². The molecule has 0 aromatic carbocycles. The predicted octanol–water partition coefficient (Wildman–Crippen LogP) is 3.96. The van der Waals surface area contributed by atoms with E-state index in [1.165, 1.54) is 63.5 Å². The third-order valence-corrected chi connectivity index (χ3v) is 4.93. The Hall–Kier alpha value is -0.990. The van der Waals surface area contributed by atoms with E-state index >= 15 is 0 Å². The van der Waals surface area contributed by atoms with Crippen LogP contribution in [-0.2, 0) is 0 Å². The summed E-state index contributed by atoms with van der Waals surface area (Å²) in [7, 11) is 0. The van der Waals surface area contributed by atoms with Gasteiger partial charge in [0.2, 0.25) is 0 Å². The average Bonchev–Trinajstić information content (AvgIpc) is 2.93. The molecule has 2 aliphatic carbocycles. The zero-order chi connectivity index (χ0) is 12.2. The van der Waals surface area contributed by atoms with Crippen molar-refractivity contribution in [2.75, 3.05) is 5.32 Å². The van der Waals surface area contributed by atoms with Gasteiger partial charge >= 0.3 is 0 Å². The smallest absolute Gasteiger partial charge is 0.0726 e. The van der Waals surface area contributed by atoms with Crippen molar-refractivity contribution >= 4 is 5.69 Å². The molecule has 0 radical (unpaired) electrons. The number of nitrogens with one attached hydrogen (secondary N) is 2. The summed E-state index contributed by atoms with van der Waals surface area (Å²) < 4.78 is 0. The summed E-state index contributed by atoms with van der Waals surface area (Å²) in [5, 5.41) is 10.7. The van der Waals surface area contributed by atoms with Crippen LogP contribution in [0.25, 0.3) is 0 Å². The second-order valence-electron chi connectivity index (χ2n) is 6.08. The molecular weight excluding hydrogens is 222 g/mol. The first-order valence-electron chi connectivity index (χ1n) is 7.69. The number of H-pyrrole nitrogens is 1. The molecule has 3 heteroatoms. The molecule has 18 heavy (non-hydrogen) atoms. The fraction of sp³-hybridized carbons (Fsp3) is 0.800. The summed E-state index contributed by atoms with van der Waals surface area (Å²) in [6.07, 6.45) is 16.8. The highest BCUT2D eigenvalue weighted by molar-refractivity contribution is 5.39. The van der Waals surface area contributed by atoms with Gasteiger partial charge in [0.15, 0.2) is 0 Å². The van der Waals surface area contributed by atoms with Gasteiger partial charge in [-0.15, -0.1) is 0 Å².